The van der Waals surface area contributed by atoms with Gasteiger partial charge in [-0.3, -0.25) is 0 Å². The molecule has 0 radical (unpaired) electrons. The Morgan fingerprint density at radius 2 is 1.90 bits per heavy atom. The van der Waals surface area contributed by atoms with Gasteiger partial charge in [-0.15, -0.1) is 0 Å². The van der Waals surface area contributed by atoms with Crippen LogP contribution in [0.25, 0.3) is 0 Å². The van der Waals surface area contributed by atoms with Crippen LogP contribution in [0.3, 0.4) is 0 Å². The second-order valence-electron chi connectivity index (χ2n) is 6.46. The number of amides is 1. The average Bonchev–Trinajstić information content (AvgIpc) is 2.32. The summed E-state index contributed by atoms with van der Waals surface area (Å²) in [6.07, 6.45) is 0.387. The van der Waals surface area contributed by atoms with E-state index in [1.165, 1.54) is 5.56 Å². The monoisotopic (exact) mass is 277 g/mol. The molecule has 1 aliphatic heterocycles. The lowest BCUT2D eigenvalue weighted by Gasteiger charge is -2.50. The third-order valence-corrected chi connectivity index (χ3v) is 3.62. The summed E-state index contributed by atoms with van der Waals surface area (Å²) in [5.41, 5.74) is 0.570. The first-order valence-corrected chi connectivity index (χ1v) is 7.01. The zero-order valence-corrected chi connectivity index (χ0v) is 12.4. The van der Waals surface area contributed by atoms with Crippen LogP contribution >= 0.6 is 0 Å². The highest BCUT2D eigenvalue weighted by molar-refractivity contribution is 5.70. The van der Waals surface area contributed by atoms with E-state index in [-0.39, 0.29) is 18.1 Å². The maximum Gasteiger partial charge on any atom is 0.410 e. The lowest BCUT2D eigenvalue weighted by Crippen LogP contribution is -2.62. The molecular formula is C16H23NO3. The van der Waals surface area contributed by atoms with Gasteiger partial charge in [-0.05, 0) is 32.8 Å². The first-order chi connectivity index (χ1) is 9.36. The number of ether oxygens (including phenoxy) is 1. The van der Waals surface area contributed by atoms with Crippen LogP contribution in [-0.4, -0.2) is 41.4 Å². The summed E-state index contributed by atoms with van der Waals surface area (Å²) in [5.74, 6) is 0. The van der Waals surface area contributed by atoms with Crippen molar-refractivity contribution in [1.29, 1.82) is 0 Å². The molecule has 1 aromatic carbocycles. The number of nitrogens with zero attached hydrogens (tertiary/aromatic N) is 1. The van der Waals surface area contributed by atoms with E-state index in [0.717, 1.165) is 0 Å². The summed E-state index contributed by atoms with van der Waals surface area (Å²) in [4.78, 5) is 13.7. The largest absolute Gasteiger partial charge is 0.444 e. The Kier molecular flexibility index (Phi) is 4.04. The van der Waals surface area contributed by atoms with Crippen molar-refractivity contribution in [3.05, 3.63) is 35.9 Å². The molecule has 0 unspecified atom stereocenters. The number of carbonyl (C=O) groups excluding carboxylic acids is 1. The van der Waals surface area contributed by atoms with Gasteiger partial charge < -0.3 is 14.7 Å². The minimum absolute atomic E-state index is 0.122. The molecular weight excluding hydrogens is 254 g/mol. The van der Waals surface area contributed by atoms with Crippen molar-refractivity contribution in [3.63, 3.8) is 0 Å². The predicted octanol–water partition coefficient (Wildman–Crippen LogP) is 2.56. The van der Waals surface area contributed by atoms with Crippen LogP contribution in [0.1, 0.15) is 32.8 Å². The van der Waals surface area contributed by atoms with Crippen LogP contribution in [0.4, 0.5) is 4.79 Å². The van der Waals surface area contributed by atoms with Crippen molar-refractivity contribution in [2.75, 3.05) is 19.7 Å². The van der Waals surface area contributed by atoms with Gasteiger partial charge in [0.05, 0.1) is 0 Å². The van der Waals surface area contributed by atoms with Crippen LogP contribution in [0, 0.1) is 0 Å². The fourth-order valence-electron chi connectivity index (χ4n) is 2.63. The highest BCUT2D eigenvalue weighted by Crippen LogP contribution is 2.38. The normalized spacial score (nSPS) is 17.5. The van der Waals surface area contributed by atoms with Gasteiger partial charge in [-0.1, -0.05) is 30.3 Å². The number of carbonyl (C=O) groups is 1. The maximum atomic E-state index is 12.0. The molecule has 0 spiro atoms. The molecule has 0 saturated carbocycles. The lowest BCUT2D eigenvalue weighted by molar-refractivity contribution is -0.0149. The van der Waals surface area contributed by atoms with Gasteiger partial charge in [0.2, 0.25) is 0 Å². The number of benzene rings is 1. The van der Waals surface area contributed by atoms with Crippen molar-refractivity contribution in [2.45, 2.75) is 38.2 Å². The molecule has 1 aromatic rings. The van der Waals surface area contributed by atoms with E-state index >= 15 is 0 Å². The van der Waals surface area contributed by atoms with Gasteiger partial charge in [0, 0.05) is 25.1 Å². The van der Waals surface area contributed by atoms with Crippen molar-refractivity contribution in [2.24, 2.45) is 0 Å². The highest BCUT2D eigenvalue weighted by Gasteiger charge is 2.47. The number of rotatable bonds is 3. The molecule has 4 heteroatoms. The maximum absolute atomic E-state index is 12.0. The summed E-state index contributed by atoms with van der Waals surface area (Å²) in [5, 5.41) is 9.30. The Balaban J connectivity index is 2.05. The Labute approximate surface area is 120 Å². The van der Waals surface area contributed by atoms with Gasteiger partial charge in [0.25, 0.3) is 0 Å². The molecule has 1 heterocycles. The van der Waals surface area contributed by atoms with E-state index in [0.29, 0.717) is 19.5 Å². The Morgan fingerprint density at radius 3 is 2.40 bits per heavy atom. The topological polar surface area (TPSA) is 49.8 Å². The molecule has 1 N–H and O–H groups in total. The standard InChI is InChI=1S/C16H23NO3/c1-15(2,3)20-14(19)17-11-16(12-17,9-10-18)13-7-5-4-6-8-13/h4-8,18H,9-12H2,1-3H3. The first kappa shape index (κ1) is 14.9. The molecule has 1 aliphatic rings. The third-order valence-electron chi connectivity index (χ3n) is 3.62. The van der Waals surface area contributed by atoms with Gasteiger partial charge >= 0.3 is 6.09 Å². The quantitative estimate of drug-likeness (QED) is 0.923. The van der Waals surface area contributed by atoms with E-state index in [1.807, 2.05) is 39.0 Å². The first-order valence-electron chi connectivity index (χ1n) is 7.01. The smallest absolute Gasteiger partial charge is 0.410 e. The minimum Gasteiger partial charge on any atom is -0.444 e. The van der Waals surface area contributed by atoms with Crippen LogP contribution in [0.5, 0.6) is 0 Å². The van der Waals surface area contributed by atoms with E-state index in [9.17, 15) is 9.90 Å². The number of aliphatic hydroxyl groups is 1. The van der Waals surface area contributed by atoms with E-state index in [2.05, 4.69) is 12.1 Å². The summed E-state index contributed by atoms with van der Waals surface area (Å²) >= 11 is 0. The van der Waals surface area contributed by atoms with Gasteiger partial charge in [-0.2, -0.15) is 0 Å². The molecule has 0 atom stereocenters. The zero-order valence-electron chi connectivity index (χ0n) is 12.4. The summed E-state index contributed by atoms with van der Waals surface area (Å²) in [6, 6.07) is 10.1. The fourth-order valence-corrected chi connectivity index (χ4v) is 2.63. The number of hydrogen-bond donors (Lipinski definition) is 1. The minimum atomic E-state index is -0.473. The summed E-state index contributed by atoms with van der Waals surface area (Å²) in [7, 11) is 0. The second-order valence-corrected chi connectivity index (χ2v) is 6.46. The van der Waals surface area contributed by atoms with Crippen molar-refractivity contribution < 1.29 is 14.6 Å². The van der Waals surface area contributed by atoms with Crippen LogP contribution in [0.2, 0.25) is 0 Å². The number of hydrogen-bond acceptors (Lipinski definition) is 3. The van der Waals surface area contributed by atoms with Crippen LogP contribution in [0.15, 0.2) is 30.3 Å². The van der Waals surface area contributed by atoms with Gasteiger partial charge in [0.15, 0.2) is 0 Å². The van der Waals surface area contributed by atoms with E-state index in [4.69, 9.17) is 4.74 Å². The number of aliphatic hydroxyl groups excluding tert-OH is 1. The number of likely N-dealkylation sites (tertiary alicyclic amines) is 1. The molecule has 4 nitrogen and oxygen atoms in total. The van der Waals surface area contributed by atoms with Crippen LogP contribution < -0.4 is 0 Å². The van der Waals surface area contributed by atoms with Gasteiger partial charge in [0.1, 0.15) is 5.60 Å². The average molecular weight is 277 g/mol. The molecule has 1 saturated heterocycles. The van der Waals surface area contributed by atoms with Crippen molar-refractivity contribution >= 4 is 6.09 Å². The highest BCUT2D eigenvalue weighted by atomic mass is 16.6. The molecule has 0 bridgehead atoms. The third kappa shape index (κ3) is 3.12. The van der Waals surface area contributed by atoms with E-state index < -0.39 is 5.60 Å². The van der Waals surface area contributed by atoms with E-state index in [1.54, 1.807) is 4.90 Å². The fraction of sp³-hybridized carbons (Fsp3) is 0.562. The predicted molar refractivity (Wildman–Crippen MR) is 77.6 cm³/mol. The molecule has 0 aliphatic carbocycles. The Bertz CT molecular complexity index is 458. The second kappa shape index (κ2) is 5.44. The molecule has 1 fully saturated rings. The molecule has 1 amide bonds. The molecule has 2 rings (SSSR count). The van der Waals surface area contributed by atoms with Crippen LogP contribution in [-0.2, 0) is 10.2 Å². The molecule has 0 aromatic heterocycles. The van der Waals surface area contributed by atoms with Gasteiger partial charge in [-0.25, -0.2) is 4.79 Å². The lowest BCUT2D eigenvalue weighted by atomic mass is 9.71. The Hall–Kier alpha value is -1.55. The molecule has 20 heavy (non-hydrogen) atoms. The Morgan fingerprint density at radius 1 is 1.30 bits per heavy atom. The van der Waals surface area contributed by atoms with Crippen molar-refractivity contribution in [1.82, 2.24) is 4.90 Å². The van der Waals surface area contributed by atoms with Crippen molar-refractivity contribution in [3.8, 4) is 0 Å². The SMILES string of the molecule is CC(C)(C)OC(=O)N1CC(CCO)(c2ccccc2)C1. The zero-order chi connectivity index (χ0) is 14.8. The molecule has 110 valence electrons. The summed E-state index contributed by atoms with van der Waals surface area (Å²) in [6.45, 7) is 6.92. The summed E-state index contributed by atoms with van der Waals surface area (Å²) < 4.78 is 5.37.